The third kappa shape index (κ3) is 32.4. The van der Waals surface area contributed by atoms with E-state index in [1.54, 1.807) is 0 Å². The van der Waals surface area contributed by atoms with Crippen molar-refractivity contribution in [1.29, 1.82) is 0 Å². The van der Waals surface area contributed by atoms with E-state index in [0.29, 0.717) is 12.8 Å². The fraction of sp³-hybridized carbons (Fsp3) is 0.897. The van der Waals surface area contributed by atoms with Gasteiger partial charge >= 0.3 is 11.9 Å². The Morgan fingerprint density at radius 3 is 1.27 bits per heavy atom. The van der Waals surface area contributed by atoms with Crippen molar-refractivity contribution in [3.8, 4) is 0 Å². The maximum Gasteiger partial charge on any atom is 0.306 e. The Kier molecular flexibility index (Phi) is 41.4. The molecule has 0 aliphatic carbocycles. The molecule has 11 atom stereocenters. The van der Waals surface area contributed by atoms with Gasteiger partial charge in [0.15, 0.2) is 18.7 Å². The van der Waals surface area contributed by atoms with Crippen molar-refractivity contribution in [3.63, 3.8) is 0 Å². The molecule has 0 aromatic carbocycles. The molecule has 73 heavy (non-hydrogen) atoms. The lowest BCUT2D eigenvalue weighted by Gasteiger charge is -2.42. The molecule has 0 aromatic heterocycles. The highest BCUT2D eigenvalue weighted by Crippen LogP contribution is 2.27. The highest BCUT2D eigenvalue weighted by atomic mass is 16.7. The molecule has 2 rings (SSSR count). The topological polar surface area (TPSA) is 231 Å². The first kappa shape index (κ1) is 67.1. The van der Waals surface area contributed by atoms with Gasteiger partial charge in [-0.2, -0.15) is 0 Å². The molecule has 0 aromatic rings. The summed E-state index contributed by atoms with van der Waals surface area (Å²) in [5.41, 5.74) is 0. The van der Waals surface area contributed by atoms with Gasteiger partial charge in [0, 0.05) is 12.8 Å². The molecule has 0 radical (unpaired) electrons. The molecule has 11 unspecified atom stereocenters. The van der Waals surface area contributed by atoms with Gasteiger partial charge in [-0.1, -0.05) is 205 Å². The minimum absolute atomic E-state index is 0.164. The zero-order valence-electron chi connectivity index (χ0n) is 45.6. The number of aliphatic hydroxyl groups is 7. The van der Waals surface area contributed by atoms with Gasteiger partial charge < -0.3 is 64.2 Å². The molecule has 2 saturated heterocycles. The van der Waals surface area contributed by atoms with Crippen LogP contribution in [0, 0.1) is 0 Å². The summed E-state index contributed by atoms with van der Waals surface area (Å²) in [6.07, 6.45) is 31.9. The Labute approximate surface area is 441 Å². The third-order valence-corrected chi connectivity index (χ3v) is 14.2. The second-order valence-corrected chi connectivity index (χ2v) is 20.8. The van der Waals surface area contributed by atoms with E-state index in [1.165, 1.54) is 141 Å². The van der Waals surface area contributed by atoms with Gasteiger partial charge in [0.1, 0.15) is 55.4 Å². The van der Waals surface area contributed by atoms with Crippen molar-refractivity contribution in [3.05, 3.63) is 24.3 Å². The number of unbranched alkanes of at least 4 members (excludes halogenated alkanes) is 29. The van der Waals surface area contributed by atoms with Crippen molar-refractivity contribution in [2.75, 3.05) is 26.4 Å². The van der Waals surface area contributed by atoms with E-state index >= 15 is 0 Å². The van der Waals surface area contributed by atoms with Gasteiger partial charge in [0.2, 0.25) is 0 Å². The van der Waals surface area contributed by atoms with Crippen LogP contribution in [0.4, 0.5) is 0 Å². The Hall–Kier alpha value is -2.02. The molecule has 428 valence electrons. The first-order chi connectivity index (χ1) is 35.5. The van der Waals surface area contributed by atoms with Gasteiger partial charge in [0.05, 0.1) is 19.8 Å². The van der Waals surface area contributed by atoms with Gasteiger partial charge in [-0.05, 0) is 44.9 Å². The summed E-state index contributed by atoms with van der Waals surface area (Å²) < 4.78 is 33.7. The molecule has 2 aliphatic heterocycles. The minimum Gasteiger partial charge on any atom is -0.462 e. The molecule has 15 nitrogen and oxygen atoms in total. The van der Waals surface area contributed by atoms with Crippen LogP contribution < -0.4 is 0 Å². The lowest BCUT2D eigenvalue weighted by molar-refractivity contribution is -0.332. The van der Waals surface area contributed by atoms with Gasteiger partial charge in [0.25, 0.3) is 0 Å². The van der Waals surface area contributed by atoms with E-state index in [4.69, 9.17) is 28.4 Å². The molecule has 0 spiro atoms. The van der Waals surface area contributed by atoms with Crippen LogP contribution in [-0.4, -0.2) is 142 Å². The van der Waals surface area contributed by atoms with Crippen LogP contribution in [0.5, 0.6) is 0 Å². The zero-order valence-corrected chi connectivity index (χ0v) is 45.6. The average Bonchev–Trinajstić information content (AvgIpc) is 3.38. The molecule has 15 heteroatoms. The summed E-state index contributed by atoms with van der Waals surface area (Å²) >= 11 is 0. The first-order valence-electron chi connectivity index (χ1n) is 29.4. The molecular formula is C58H106O15. The molecule has 0 saturated carbocycles. The monoisotopic (exact) mass is 1040 g/mol. The number of carbonyl (C=O) groups is 2. The van der Waals surface area contributed by atoms with E-state index in [1.807, 2.05) is 0 Å². The average molecular weight is 1040 g/mol. The highest BCUT2D eigenvalue weighted by Gasteiger charge is 2.47. The van der Waals surface area contributed by atoms with Gasteiger partial charge in [-0.3, -0.25) is 9.59 Å². The number of aliphatic hydroxyl groups excluding tert-OH is 7. The van der Waals surface area contributed by atoms with E-state index in [0.717, 1.165) is 57.8 Å². The fourth-order valence-corrected chi connectivity index (χ4v) is 9.37. The van der Waals surface area contributed by atoms with E-state index in [2.05, 4.69) is 38.2 Å². The van der Waals surface area contributed by atoms with Crippen LogP contribution in [0.25, 0.3) is 0 Å². The Bertz CT molecular complexity index is 1360. The maximum atomic E-state index is 13.1. The van der Waals surface area contributed by atoms with E-state index < -0.39 is 92.7 Å². The summed E-state index contributed by atoms with van der Waals surface area (Å²) in [5.74, 6) is -0.917. The first-order valence-corrected chi connectivity index (χ1v) is 29.4. The highest BCUT2D eigenvalue weighted by molar-refractivity contribution is 5.70. The third-order valence-electron chi connectivity index (χ3n) is 14.2. The van der Waals surface area contributed by atoms with E-state index in [-0.39, 0.29) is 26.1 Å². The lowest BCUT2D eigenvalue weighted by atomic mass is 9.98. The van der Waals surface area contributed by atoms with E-state index in [9.17, 15) is 45.3 Å². The van der Waals surface area contributed by atoms with Crippen molar-refractivity contribution >= 4 is 11.9 Å². The number of allylic oxidation sites excluding steroid dienone is 4. The van der Waals surface area contributed by atoms with Crippen LogP contribution in [0.15, 0.2) is 24.3 Å². The van der Waals surface area contributed by atoms with Gasteiger partial charge in [-0.25, -0.2) is 0 Å². The fourth-order valence-electron chi connectivity index (χ4n) is 9.37. The number of carbonyl (C=O) groups excluding carboxylic acids is 2. The molecular weight excluding hydrogens is 937 g/mol. The van der Waals surface area contributed by atoms with Crippen LogP contribution in [0.1, 0.15) is 239 Å². The quantitative estimate of drug-likeness (QED) is 0.0171. The number of hydrogen-bond donors (Lipinski definition) is 7. The minimum atomic E-state index is -1.76. The Morgan fingerprint density at radius 1 is 0.438 bits per heavy atom. The summed E-state index contributed by atoms with van der Waals surface area (Å²) in [6, 6.07) is 0. The number of esters is 2. The van der Waals surface area contributed by atoms with Crippen molar-refractivity contribution < 1.29 is 73.8 Å². The van der Waals surface area contributed by atoms with Crippen LogP contribution in [0.2, 0.25) is 0 Å². The zero-order chi connectivity index (χ0) is 53.2. The molecule has 0 amide bonds. The second-order valence-electron chi connectivity index (χ2n) is 20.8. The molecule has 2 fully saturated rings. The normalized spacial score (nSPS) is 24.9. The summed E-state index contributed by atoms with van der Waals surface area (Å²) in [5, 5.41) is 72.3. The predicted octanol–water partition coefficient (Wildman–Crippen LogP) is 9.89. The van der Waals surface area contributed by atoms with Crippen LogP contribution in [0.3, 0.4) is 0 Å². The summed E-state index contributed by atoms with van der Waals surface area (Å²) in [4.78, 5) is 25.9. The maximum absolute atomic E-state index is 13.1. The molecule has 0 bridgehead atoms. The number of rotatable bonds is 47. The standard InChI is InChI=1S/C58H106O15/c1-3-5-7-9-11-13-15-17-19-21-22-23-24-25-27-29-31-33-35-37-39-41-50(61)71-46(43-68-49(60)40-38-36-34-32-30-28-26-20-18-16-14-12-10-8-6-4-2)44-69-57-56(67)54(65)52(63)48(73-57)45-70-58-55(66)53(64)51(62)47(42-59)72-58/h15,17,21-22,46-48,51-59,62-67H,3-14,16,18-20,23-45H2,1-2H3/b17-15-,22-21-. The molecule has 7 N–H and O–H groups in total. The van der Waals surface area contributed by atoms with Crippen molar-refractivity contribution in [2.45, 2.75) is 306 Å². The second kappa shape index (κ2) is 45.0. The summed E-state index contributed by atoms with van der Waals surface area (Å²) in [7, 11) is 0. The Morgan fingerprint density at radius 2 is 0.822 bits per heavy atom. The number of ether oxygens (including phenoxy) is 6. The smallest absolute Gasteiger partial charge is 0.306 e. The van der Waals surface area contributed by atoms with Crippen LogP contribution in [-0.2, 0) is 38.0 Å². The molecule has 2 heterocycles. The van der Waals surface area contributed by atoms with Crippen molar-refractivity contribution in [2.24, 2.45) is 0 Å². The predicted molar refractivity (Wildman–Crippen MR) is 284 cm³/mol. The van der Waals surface area contributed by atoms with Crippen molar-refractivity contribution in [1.82, 2.24) is 0 Å². The molecule has 2 aliphatic rings. The number of hydrogen-bond acceptors (Lipinski definition) is 15. The Balaban J connectivity index is 1.75. The largest absolute Gasteiger partial charge is 0.462 e. The van der Waals surface area contributed by atoms with Crippen LogP contribution >= 0.6 is 0 Å². The summed E-state index contributed by atoms with van der Waals surface area (Å²) in [6.45, 7) is 2.62. The van der Waals surface area contributed by atoms with Gasteiger partial charge in [-0.15, -0.1) is 0 Å². The lowest BCUT2D eigenvalue weighted by Crippen LogP contribution is -2.61. The SMILES string of the molecule is CCCCCCC/C=C\C/C=C\CCCCCCCCCCCC(=O)OC(COC(=O)CCCCCCCCCCCCCCCCCC)COC1OC(COC2OC(CO)C(O)C(O)C2O)C(O)C(O)C1O.